The summed E-state index contributed by atoms with van der Waals surface area (Å²) in [7, 11) is 0. The van der Waals surface area contributed by atoms with Gasteiger partial charge < -0.3 is 13.8 Å². The number of allylic oxidation sites excluding steroid dienone is 4. The fourth-order valence-corrected chi connectivity index (χ4v) is 2.34. The summed E-state index contributed by atoms with van der Waals surface area (Å²) in [6.07, 6.45) is 15.6. The van der Waals surface area contributed by atoms with Crippen LogP contribution in [-0.2, 0) is 29.8 Å². The first-order chi connectivity index (χ1) is 13.8. The Hall–Kier alpha value is -0.400. The molecule has 30 heavy (non-hydrogen) atoms. The van der Waals surface area contributed by atoms with Crippen molar-refractivity contribution in [1.82, 2.24) is 0 Å². The van der Waals surface area contributed by atoms with Crippen LogP contribution in [0.3, 0.4) is 0 Å². The Morgan fingerprint density at radius 2 is 1.50 bits per heavy atom. The number of hydrogen-bond donors (Lipinski definition) is 0. The molecule has 0 saturated carbocycles. The third-order valence-electron chi connectivity index (χ3n) is 3.91. The van der Waals surface area contributed by atoms with Gasteiger partial charge >= 0.3 is 30.2 Å². The molecular weight excluding hydrogens is 503 g/mol. The van der Waals surface area contributed by atoms with Crippen LogP contribution in [0.2, 0.25) is 0 Å². The molecule has 4 heteroatoms. The molecule has 0 fully saturated rings. The van der Waals surface area contributed by atoms with Crippen molar-refractivity contribution in [2.24, 2.45) is 0 Å². The fraction of sp³-hybridized carbons (Fsp3) is 0.308. The van der Waals surface area contributed by atoms with E-state index in [0.29, 0.717) is 0 Å². The molecule has 2 aromatic carbocycles. The summed E-state index contributed by atoms with van der Waals surface area (Å²) in [4.78, 5) is 0. The van der Waals surface area contributed by atoms with E-state index in [1.54, 1.807) is 23.3 Å². The molecule has 0 atom stereocenters. The molecule has 0 amide bonds. The van der Waals surface area contributed by atoms with Crippen LogP contribution >= 0.6 is 24.8 Å². The van der Waals surface area contributed by atoms with Crippen LogP contribution < -0.4 is 0 Å². The molecule has 0 nitrogen and oxygen atoms in total. The topological polar surface area (TPSA) is 0 Å². The van der Waals surface area contributed by atoms with Gasteiger partial charge in [-0.05, 0) is 6.42 Å². The normalized spacial score (nSPS) is 10.4. The van der Waals surface area contributed by atoms with Crippen molar-refractivity contribution in [2.45, 2.75) is 52.4 Å². The average Bonchev–Trinajstić information content (AvgIpc) is 3.47. The molecule has 0 radical (unpaired) electrons. The first-order valence-electron chi connectivity index (χ1n) is 10.0. The number of halogens is 2. The van der Waals surface area contributed by atoms with Crippen molar-refractivity contribution in [3.05, 3.63) is 97.8 Å². The first kappa shape index (κ1) is 34.2. The standard InChI is InChI=1S/C13H9.C5H5.2C4H9.2ClH.H2Si.Zr/c1-3-7-12-10(5-1)9-11-6-2-4-8-13(11)12;1-2-4-5-3-1;2*1-3-4-2;;;;/h1-5,7-8H,9H2;1-3H,4H2;2*1,3-4H2,2H3;2*1H;1H2;/q4*-1;;;;. The van der Waals surface area contributed by atoms with Gasteiger partial charge in [0.2, 0.25) is 0 Å². The van der Waals surface area contributed by atoms with Crippen LogP contribution in [0, 0.1) is 26.0 Å². The van der Waals surface area contributed by atoms with Crippen LogP contribution in [0.25, 0.3) is 11.1 Å². The summed E-state index contributed by atoms with van der Waals surface area (Å²) in [6.45, 7) is 13.4. The van der Waals surface area contributed by atoms with E-state index in [9.17, 15) is 0 Å². The molecule has 166 valence electrons. The van der Waals surface area contributed by atoms with Gasteiger partial charge in [-0.1, -0.05) is 62.1 Å². The maximum Gasteiger partial charge on any atom is -0.0253 e. The molecule has 4 rings (SSSR count). The fourth-order valence-electron chi connectivity index (χ4n) is 2.34. The van der Waals surface area contributed by atoms with E-state index in [4.69, 9.17) is 0 Å². The summed E-state index contributed by atoms with van der Waals surface area (Å²) in [5.41, 5.74) is 5.51. The molecule has 0 aliphatic heterocycles. The summed E-state index contributed by atoms with van der Waals surface area (Å²) < 4.78 is 0. The molecule has 0 N–H and O–H groups in total. The van der Waals surface area contributed by atoms with Crippen LogP contribution in [0.1, 0.15) is 57.1 Å². The number of benzene rings is 2. The van der Waals surface area contributed by atoms with Crippen molar-refractivity contribution >= 4 is 31.7 Å². The Bertz CT molecular complexity index is 637. The van der Waals surface area contributed by atoms with Gasteiger partial charge in [0.25, 0.3) is 0 Å². The van der Waals surface area contributed by atoms with Crippen molar-refractivity contribution in [1.29, 1.82) is 0 Å². The maximum absolute atomic E-state index is 3.60. The zero-order valence-corrected chi connectivity index (χ0v) is 24.0. The van der Waals surface area contributed by atoms with Crippen LogP contribution in [0.15, 0.2) is 60.7 Å². The van der Waals surface area contributed by atoms with Crippen LogP contribution in [0.4, 0.5) is 0 Å². The van der Waals surface area contributed by atoms with E-state index < -0.39 is 0 Å². The van der Waals surface area contributed by atoms with Crippen molar-refractivity contribution in [2.75, 3.05) is 0 Å². The summed E-state index contributed by atoms with van der Waals surface area (Å²) in [5.74, 6) is 0. The zero-order valence-electron chi connectivity index (χ0n) is 18.5. The Kier molecular flexibility index (Phi) is 28.4. The van der Waals surface area contributed by atoms with E-state index >= 15 is 0 Å². The van der Waals surface area contributed by atoms with E-state index in [1.165, 1.54) is 35.1 Å². The Morgan fingerprint density at radius 1 is 0.933 bits per heavy atom. The largest absolute Gasteiger partial charge is 0.179 e. The second-order valence-corrected chi connectivity index (χ2v) is 6.11. The van der Waals surface area contributed by atoms with E-state index in [-0.39, 0.29) is 24.8 Å². The van der Waals surface area contributed by atoms with Crippen LogP contribution in [-0.4, -0.2) is 6.88 Å². The van der Waals surface area contributed by atoms with Gasteiger partial charge in [0.05, 0.1) is 0 Å². The predicted molar refractivity (Wildman–Crippen MR) is 139 cm³/mol. The zero-order chi connectivity index (χ0) is 21.0. The minimum atomic E-state index is 0. The summed E-state index contributed by atoms with van der Waals surface area (Å²) in [6, 6.07) is 18.1. The smallest absolute Gasteiger partial charge is 0.0253 e. The maximum atomic E-state index is 3.60. The SMILES string of the molecule is Cl.Cl.[C-]1=CC=CC1.[CH2-]CCC.[CH2-]CCC.[SiH2]=[Zr].[c-]1cccc2c1Cc1ccccc1-2. The van der Waals surface area contributed by atoms with Crippen molar-refractivity contribution in [3.63, 3.8) is 0 Å². The number of hydrogen-bond acceptors (Lipinski definition) is 0. The van der Waals surface area contributed by atoms with Crippen LogP contribution in [0.5, 0.6) is 0 Å². The molecule has 2 aliphatic carbocycles. The molecule has 0 saturated heterocycles. The Morgan fingerprint density at radius 3 is 1.97 bits per heavy atom. The van der Waals surface area contributed by atoms with E-state index in [2.05, 4.69) is 82.3 Å². The monoisotopic (exact) mass is 536 g/mol. The molecule has 0 aromatic heterocycles. The van der Waals surface area contributed by atoms with Gasteiger partial charge in [-0.25, -0.2) is 12.2 Å². The van der Waals surface area contributed by atoms with E-state index in [0.717, 1.165) is 25.7 Å². The quantitative estimate of drug-likeness (QED) is 0.234. The number of fused-ring (bicyclic) bond motifs is 3. The summed E-state index contributed by atoms with van der Waals surface area (Å²) in [5, 5.41) is 0. The third-order valence-corrected chi connectivity index (χ3v) is 3.91. The molecule has 2 aliphatic rings. The molecular formula is C26H36Cl2SiZr-4. The third kappa shape index (κ3) is 14.6. The van der Waals surface area contributed by atoms with Gasteiger partial charge in [-0.15, -0.1) is 36.8 Å². The van der Waals surface area contributed by atoms with E-state index in [1.807, 2.05) is 25.1 Å². The first-order valence-corrected chi connectivity index (χ1v) is 15.9. The second-order valence-electron chi connectivity index (χ2n) is 6.11. The van der Waals surface area contributed by atoms with Crippen molar-refractivity contribution in [3.8, 4) is 11.1 Å². The Balaban J connectivity index is -0.000000364. The van der Waals surface area contributed by atoms with Gasteiger partial charge in [-0.3, -0.25) is 6.08 Å². The summed E-state index contributed by atoms with van der Waals surface area (Å²) >= 11 is 1.58. The molecule has 0 spiro atoms. The van der Waals surface area contributed by atoms with Crippen molar-refractivity contribution < 1.29 is 23.3 Å². The number of rotatable bonds is 2. The molecule has 0 unspecified atom stereocenters. The minimum absolute atomic E-state index is 0. The molecule has 0 heterocycles. The Labute approximate surface area is 215 Å². The van der Waals surface area contributed by atoms with Gasteiger partial charge in [-0.2, -0.15) is 48.7 Å². The molecule has 2 aromatic rings. The van der Waals surface area contributed by atoms with Gasteiger partial charge in [0.15, 0.2) is 0 Å². The number of unbranched alkanes of at least 4 members (excludes halogenated alkanes) is 2. The minimum Gasteiger partial charge on any atom is -0.179 e. The van der Waals surface area contributed by atoms with Gasteiger partial charge in [0.1, 0.15) is 0 Å². The molecule has 0 bridgehead atoms. The average molecular weight is 539 g/mol. The van der Waals surface area contributed by atoms with Gasteiger partial charge in [0, 0.05) is 0 Å². The second kappa shape index (κ2) is 24.9. The predicted octanol–water partition coefficient (Wildman–Crippen LogP) is 7.53.